The monoisotopic (exact) mass is 302 g/mol. The van der Waals surface area contributed by atoms with Crippen LogP contribution < -0.4 is 4.90 Å². The summed E-state index contributed by atoms with van der Waals surface area (Å²) in [4.78, 5) is 6.85. The van der Waals surface area contributed by atoms with Gasteiger partial charge in [-0.2, -0.15) is 5.10 Å². The second-order valence-electron chi connectivity index (χ2n) is 6.31. The molecule has 0 N–H and O–H groups in total. The van der Waals surface area contributed by atoms with Crippen molar-refractivity contribution >= 4 is 16.7 Å². The number of anilines is 1. The van der Waals surface area contributed by atoms with Crippen molar-refractivity contribution < 1.29 is 9.47 Å². The Bertz CT molecular complexity index is 670. The normalized spacial score (nSPS) is 22.5. The summed E-state index contributed by atoms with van der Waals surface area (Å²) in [6.07, 6.45) is 5.95. The second kappa shape index (κ2) is 5.21. The van der Waals surface area contributed by atoms with Crippen LogP contribution in [0.2, 0.25) is 0 Å². The zero-order valence-corrected chi connectivity index (χ0v) is 13.2. The van der Waals surface area contributed by atoms with Gasteiger partial charge >= 0.3 is 0 Å². The summed E-state index contributed by atoms with van der Waals surface area (Å²) in [6, 6.07) is 2.09. The van der Waals surface area contributed by atoms with Gasteiger partial charge in [0.2, 0.25) is 0 Å². The molecule has 2 aromatic heterocycles. The molecule has 0 aliphatic carbocycles. The van der Waals surface area contributed by atoms with Crippen molar-refractivity contribution in [1.29, 1.82) is 0 Å². The average molecular weight is 302 g/mol. The molecule has 2 aliphatic rings. The number of hydrogen-bond donors (Lipinski definition) is 0. The van der Waals surface area contributed by atoms with Gasteiger partial charge in [-0.3, -0.25) is 4.68 Å². The summed E-state index contributed by atoms with van der Waals surface area (Å²) >= 11 is 0. The summed E-state index contributed by atoms with van der Waals surface area (Å²) < 4.78 is 13.5. The predicted octanol–water partition coefficient (Wildman–Crippen LogP) is 1.95. The number of hydrogen-bond acceptors (Lipinski definition) is 5. The van der Waals surface area contributed by atoms with E-state index in [2.05, 4.69) is 28.0 Å². The lowest BCUT2D eigenvalue weighted by molar-refractivity contribution is -0.185. The van der Waals surface area contributed by atoms with Crippen LogP contribution in [0.1, 0.15) is 19.8 Å². The van der Waals surface area contributed by atoms with Crippen LogP contribution in [0.5, 0.6) is 0 Å². The molecular formula is C16H22N4O2. The fourth-order valence-corrected chi connectivity index (χ4v) is 3.72. The van der Waals surface area contributed by atoms with E-state index in [0.717, 1.165) is 50.2 Å². The van der Waals surface area contributed by atoms with E-state index in [0.29, 0.717) is 5.92 Å². The highest BCUT2D eigenvalue weighted by Crippen LogP contribution is 2.37. The van der Waals surface area contributed by atoms with Crippen LogP contribution in [-0.4, -0.2) is 46.9 Å². The van der Waals surface area contributed by atoms with Gasteiger partial charge in [-0.15, -0.1) is 0 Å². The molecule has 0 atom stereocenters. The molecule has 118 valence electrons. The van der Waals surface area contributed by atoms with Crippen LogP contribution in [-0.2, 0) is 16.5 Å². The van der Waals surface area contributed by atoms with Crippen LogP contribution in [0.25, 0.3) is 11.0 Å². The molecule has 4 heterocycles. The van der Waals surface area contributed by atoms with Crippen molar-refractivity contribution in [1.82, 2.24) is 14.8 Å². The molecule has 2 aliphatic heterocycles. The van der Waals surface area contributed by atoms with E-state index < -0.39 is 0 Å². The zero-order chi connectivity index (χ0) is 15.2. The second-order valence-corrected chi connectivity index (χ2v) is 6.31. The molecule has 6 nitrogen and oxygen atoms in total. The number of pyridine rings is 1. The zero-order valence-electron chi connectivity index (χ0n) is 13.2. The Morgan fingerprint density at radius 2 is 1.95 bits per heavy atom. The molecule has 0 aromatic carbocycles. The summed E-state index contributed by atoms with van der Waals surface area (Å²) in [7, 11) is 1.93. The SMILES string of the molecule is Cn1ncc2c(N3CCC(C4(C)OCCO4)CC3)ccnc21. The molecule has 2 saturated heterocycles. The van der Waals surface area contributed by atoms with E-state index in [-0.39, 0.29) is 5.79 Å². The van der Waals surface area contributed by atoms with Crippen LogP contribution in [0.3, 0.4) is 0 Å². The maximum Gasteiger partial charge on any atom is 0.168 e. The fourth-order valence-electron chi connectivity index (χ4n) is 3.72. The summed E-state index contributed by atoms with van der Waals surface area (Å²) in [5.74, 6) is 0.0889. The minimum absolute atomic E-state index is 0.381. The van der Waals surface area contributed by atoms with Crippen molar-refractivity contribution in [2.75, 3.05) is 31.2 Å². The maximum atomic E-state index is 5.83. The lowest BCUT2D eigenvalue weighted by Gasteiger charge is -2.40. The molecule has 0 bridgehead atoms. The first-order chi connectivity index (χ1) is 10.7. The number of piperidine rings is 1. The molecule has 6 heteroatoms. The highest BCUT2D eigenvalue weighted by Gasteiger charge is 2.41. The van der Waals surface area contributed by atoms with E-state index in [9.17, 15) is 0 Å². The van der Waals surface area contributed by atoms with E-state index in [1.165, 1.54) is 5.69 Å². The number of nitrogens with zero attached hydrogens (tertiary/aromatic N) is 4. The Hall–Kier alpha value is -1.66. The molecule has 22 heavy (non-hydrogen) atoms. The van der Waals surface area contributed by atoms with E-state index >= 15 is 0 Å². The molecular weight excluding hydrogens is 280 g/mol. The number of rotatable bonds is 2. The first kappa shape index (κ1) is 14.0. The molecule has 0 saturated carbocycles. The standard InChI is InChI=1S/C16H22N4O2/c1-16(21-9-10-22-16)12-4-7-20(8-5-12)14-3-6-17-15-13(14)11-18-19(15)2/h3,6,11-12H,4-5,7-10H2,1-2H3. The van der Waals surface area contributed by atoms with Gasteiger partial charge in [0, 0.05) is 32.3 Å². The molecule has 2 aromatic rings. The van der Waals surface area contributed by atoms with Crippen molar-refractivity contribution in [2.24, 2.45) is 13.0 Å². The lowest BCUT2D eigenvalue weighted by atomic mass is 9.89. The molecule has 0 spiro atoms. The highest BCUT2D eigenvalue weighted by atomic mass is 16.7. The van der Waals surface area contributed by atoms with Gasteiger partial charge in [0.05, 0.1) is 30.5 Å². The Labute approximate surface area is 130 Å². The summed E-state index contributed by atoms with van der Waals surface area (Å²) in [5, 5.41) is 5.46. The van der Waals surface area contributed by atoms with Crippen LogP contribution in [0, 0.1) is 5.92 Å². The van der Waals surface area contributed by atoms with Crippen molar-refractivity contribution in [2.45, 2.75) is 25.6 Å². The third kappa shape index (κ3) is 2.18. The Morgan fingerprint density at radius 1 is 1.23 bits per heavy atom. The first-order valence-corrected chi connectivity index (χ1v) is 7.97. The molecule has 4 rings (SSSR count). The quantitative estimate of drug-likeness (QED) is 0.848. The topological polar surface area (TPSA) is 52.4 Å². The Kier molecular flexibility index (Phi) is 3.31. The Morgan fingerprint density at radius 3 is 2.68 bits per heavy atom. The van der Waals surface area contributed by atoms with Gasteiger partial charge in [0.25, 0.3) is 0 Å². The predicted molar refractivity (Wildman–Crippen MR) is 83.8 cm³/mol. The average Bonchev–Trinajstić information content (AvgIpc) is 3.15. The van der Waals surface area contributed by atoms with Gasteiger partial charge in [0.15, 0.2) is 11.4 Å². The van der Waals surface area contributed by atoms with Gasteiger partial charge in [-0.25, -0.2) is 4.98 Å². The highest BCUT2D eigenvalue weighted by molar-refractivity contribution is 5.89. The summed E-state index contributed by atoms with van der Waals surface area (Å²) in [5.41, 5.74) is 2.17. The van der Waals surface area contributed by atoms with Crippen LogP contribution >= 0.6 is 0 Å². The van der Waals surface area contributed by atoms with Crippen molar-refractivity contribution in [3.8, 4) is 0 Å². The third-order valence-corrected chi connectivity index (χ3v) is 5.05. The third-order valence-electron chi connectivity index (χ3n) is 5.05. The van der Waals surface area contributed by atoms with Gasteiger partial charge < -0.3 is 14.4 Å². The van der Waals surface area contributed by atoms with Gasteiger partial charge in [-0.1, -0.05) is 0 Å². The summed E-state index contributed by atoms with van der Waals surface area (Å²) in [6.45, 7) is 5.56. The maximum absolute atomic E-state index is 5.83. The van der Waals surface area contributed by atoms with E-state index in [4.69, 9.17) is 9.47 Å². The van der Waals surface area contributed by atoms with E-state index in [1.54, 1.807) is 0 Å². The molecule has 2 fully saturated rings. The molecule has 0 radical (unpaired) electrons. The van der Waals surface area contributed by atoms with Crippen LogP contribution in [0.4, 0.5) is 5.69 Å². The minimum Gasteiger partial charge on any atom is -0.371 e. The van der Waals surface area contributed by atoms with Gasteiger partial charge in [-0.05, 0) is 25.8 Å². The smallest absolute Gasteiger partial charge is 0.168 e. The molecule has 0 unspecified atom stereocenters. The molecule has 0 amide bonds. The van der Waals surface area contributed by atoms with Gasteiger partial charge in [0.1, 0.15) is 0 Å². The fraction of sp³-hybridized carbons (Fsp3) is 0.625. The van der Waals surface area contributed by atoms with Crippen LogP contribution in [0.15, 0.2) is 18.5 Å². The number of aryl methyl sites for hydroxylation is 1. The van der Waals surface area contributed by atoms with Crippen molar-refractivity contribution in [3.63, 3.8) is 0 Å². The lowest BCUT2D eigenvalue weighted by Crippen LogP contribution is -2.44. The first-order valence-electron chi connectivity index (χ1n) is 7.97. The number of aromatic nitrogens is 3. The minimum atomic E-state index is -0.381. The largest absolute Gasteiger partial charge is 0.371 e. The number of fused-ring (bicyclic) bond motifs is 1. The van der Waals surface area contributed by atoms with Crippen molar-refractivity contribution in [3.05, 3.63) is 18.5 Å². The number of ether oxygens (including phenoxy) is 2. The van der Waals surface area contributed by atoms with E-state index in [1.807, 2.05) is 24.1 Å². The Balaban J connectivity index is 1.53.